The fraction of sp³-hybridized carbons (Fsp3) is 0.769. The van der Waals surface area contributed by atoms with Gasteiger partial charge in [-0.25, -0.2) is 0 Å². The number of nitrogens with one attached hydrogen (secondary N) is 1. The van der Waals surface area contributed by atoms with Gasteiger partial charge in [0, 0.05) is 36.6 Å². The SMILES string of the molecule is CCCNC(Cc1cncs1)C1CN(C)CCO1. The van der Waals surface area contributed by atoms with Crippen molar-refractivity contribution in [3.63, 3.8) is 0 Å². The van der Waals surface area contributed by atoms with Crippen LogP contribution in [-0.2, 0) is 11.2 Å². The minimum atomic E-state index is 0.289. The van der Waals surface area contributed by atoms with Crippen molar-refractivity contribution in [2.45, 2.75) is 31.9 Å². The van der Waals surface area contributed by atoms with E-state index in [-0.39, 0.29) is 6.10 Å². The summed E-state index contributed by atoms with van der Waals surface area (Å²) in [6.07, 6.45) is 4.43. The number of thiazole rings is 1. The summed E-state index contributed by atoms with van der Waals surface area (Å²) >= 11 is 1.73. The number of aromatic nitrogens is 1. The van der Waals surface area contributed by atoms with Crippen molar-refractivity contribution in [2.24, 2.45) is 0 Å². The first-order chi connectivity index (χ1) is 8.79. The fourth-order valence-electron chi connectivity index (χ4n) is 2.28. The lowest BCUT2D eigenvalue weighted by Gasteiger charge is -2.35. The minimum absolute atomic E-state index is 0.289. The largest absolute Gasteiger partial charge is 0.374 e. The number of hydrogen-bond donors (Lipinski definition) is 1. The standard InChI is InChI=1S/C13H23N3OS/c1-3-4-15-12(7-11-8-14-10-18-11)13-9-16(2)5-6-17-13/h8,10,12-13,15H,3-7,9H2,1-2H3. The van der Waals surface area contributed by atoms with Crippen LogP contribution in [0.25, 0.3) is 0 Å². The van der Waals surface area contributed by atoms with Gasteiger partial charge >= 0.3 is 0 Å². The maximum atomic E-state index is 5.94. The van der Waals surface area contributed by atoms with Crippen LogP contribution in [0, 0.1) is 0 Å². The molecule has 2 rings (SSSR count). The fourth-order valence-corrected chi connectivity index (χ4v) is 2.93. The number of likely N-dealkylation sites (N-methyl/N-ethyl adjacent to an activating group) is 1. The van der Waals surface area contributed by atoms with Crippen molar-refractivity contribution in [3.8, 4) is 0 Å². The van der Waals surface area contributed by atoms with Crippen LogP contribution in [0.3, 0.4) is 0 Å². The van der Waals surface area contributed by atoms with Gasteiger partial charge in [0.1, 0.15) is 0 Å². The lowest BCUT2D eigenvalue weighted by molar-refractivity contribution is -0.0382. The van der Waals surface area contributed by atoms with Gasteiger partial charge in [-0.2, -0.15) is 0 Å². The van der Waals surface area contributed by atoms with Gasteiger partial charge in [-0.05, 0) is 20.0 Å². The molecule has 18 heavy (non-hydrogen) atoms. The average molecular weight is 269 g/mol. The third-order valence-corrected chi connectivity index (χ3v) is 4.11. The Bertz CT molecular complexity index is 331. The van der Waals surface area contributed by atoms with Crippen LogP contribution < -0.4 is 5.32 Å². The van der Waals surface area contributed by atoms with E-state index in [0.29, 0.717) is 6.04 Å². The molecule has 2 atom stereocenters. The molecule has 1 aliphatic heterocycles. The van der Waals surface area contributed by atoms with Crippen molar-refractivity contribution in [1.29, 1.82) is 0 Å². The Morgan fingerprint density at radius 3 is 3.22 bits per heavy atom. The molecule has 102 valence electrons. The molecule has 0 aliphatic carbocycles. The summed E-state index contributed by atoms with van der Waals surface area (Å²) in [4.78, 5) is 7.84. The molecule has 0 aromatic carbocycles. The summed E-state index contributed by atoms with van der Waals surface area (Å²) in [5.41, 5.74) is 1.90. The first kappa shape index (κ1) is 13.9. The van der Waals surface area contributed by atoms with Gasteiger partial charge < -0.3 is 15.0 Å². The molecule has 0 bridgehead atoms. The van der Waals surface area contributed by atoms with Crippen LogP contribution in [0.2, 0.25) is 0 Å². The van der Waals surface area contributed by atoms with E-state index in [1.54, 1.807) is 11.3 Å². The summed E-state index contributed by atoms with van der Waals surface area (Å²) in [7, 11) is 2.17. The van der Waals surface area contributed by atoms with Gasteiger partial charge in [0.15, 0.2) is 0 Å². The minimum Gasteiger partial charge on any atom is -0.374 e. The van der Waals surface area contributed by atoms with Crippen LogP contribution in [0.1, 0.15) is 18.2 Å². The van der Waals surface area contributed by atoms with Crippen LogP contribution in [0.5, 0.6) is 0 Å². The normalized spacial score (nSPS) is 23.1. The molecule has 1 saturated heterocycles. The molecule has 1 aromatic heterocycles. The maximum absolute atomic E-state index is 5.94. The van der Waals surface area contributed by atoms with E-state index in [0.717, 1.165) is 39.1 Å². The first-order valence-electron chi connectivity index (χ1n) is 6.70. The zero-order valence-corrected chi connectivity index (χ0v) is 12.1. The second kappa shape index (κ2) is 7.19. The molecule has 2 heterocycles. The van der Waals surface area contributed by atoms with E-state index in [2.05, 4.69) is 29.2 Å². The van der Waals surface area contributed by atoms with Gasteiger partial charge in [-0.3, -0.25) is 4.98 Å². The van der Waals surface area contributed by atoms with Gasteiger partial charge in [0.2, 0.25) is 0 Å². The highest BCUT2D eigenvalue weighted by atomic mass is 32.1. The molecule has 1 aromatic rings. The zero-order valence-electron chi connectivity index (χ0n) is 11.3. The molecule has 0 radical (unpaired) electrons. The molecule has 1 fully saturated rings. The van der Waals surface area contributed by atoms with Crippen LogP contribution in [0.4, 0.5) is 0 Å². The van der Waals surface area contributed by atoms with Crippen molar-refractivity contribution in [3.05, 3.63) is 16.6 Å². The highest BCUT2D eigenvalue weighted by Gasteiger charge is 2.26. The molecular weight excluding hydrogens is 246 g/mol. The van der Waals surface area contributed by atoms with Crippen LogP contribution in [0.15, 0.2) is 11.7 Å². The predicted molar refractivity (Wildman–Crippen MR) is 75.1 cm³/mol. The van der Waals surface area contributed by atoms with E-state index >= 15 is 0 Å². The Labute approximate surface area is 113 Å². The highest BCUT2D eigenvalue weighted by molar-refractivity contribution is 7.09. The van der Waals surface area contributed by atoms with Gasteiger partial charge in [-0.1, -0.05) is 6.92 Å². The van der Waals surface area contributed by atoms with Crippen molar-refractivity contribution in [1.82, 2.24) is 15.2 Å². The Morgan fingerprint density at radius 2 is 2.56 bits per heavy atom. The Kier molecular flexibility index (Phi) is 5.56. The smallest absolute Gasteiger partial charge is 0.0858 e. The molecular formula is C13H23N3OS. The van der Waals surface area contributed by atoms with Gasteiger partial charge in [0.05, 0.1) is 18.2 Å². The number of ether oxygens (including phenoxy) is 1. The highest BCUT2D eigenvalue weighted by Crippen LogP contribution is 2.15. The third kappa shape index (κ3) is 4.02. The first-order valence-corrected chi connectivity index (χ1v) is 7.58. The topological polar surface area (TPSA) is 37.4 Å². The summed E-state index contributed by atoms with van der Waals surface area (Å²) in [5.74, 6) is 0. The van der Waals surface area contributed by atoms with Crippen molar-refractivity contribution < 1.29 is 4.74 Å². The molecule has 5 heteroatoms. The molecule has 0 spiro atoms. The van der Waals surface area contributed by atoms with E-state index in [1.807, 2.05) is 11.7 Å². The second-order valence-corrected chi connectivity index (χ2v) is 5.87. The van der Waals surface area contributed by atoms with E-state index < -0.39 is 0 Å². The predicted octanol–water partition coefficient (Wildman–Crippen LogP) is 1.38. The van der Waals surface area contributed by atoms with E-state index in [4.69, 9.17) is 4.74 Å². The zero-order chi connectivity index (χ0) is 12.8. The quantitative estimate of drug-likeness (QED) is 0.847. The molecule has 4 nitrogen and oxygen atoms in total. The van der Waals surface area contributed by atoms with Gasteiger partial charge in [0.25, 0.3) is 0 Å². The summed E-state index contributed by atoms with van der Waals surface area (Å²) in [5, 5.41) is 3.63. The van der Waals surface area contributed by atoms with Crippen molar-refractivity contribution in [2.75, 3.05) is 33.3 Å². The number of hydrogen-bond acceptors (Lipinski definition) is 5. The van der Waals surface area contributed by atoms with Gasteiger partial charge in [-0.15, -0.1) is 11.3 Å². The molecule has 1 N–H and O–H groups in total. The summed E-state index contributed by atoms with van der Waals surface area (Å²) in [6, 6.07) is 0.396. The van der Waals surface area contributed by atoms with Crippen LogP contribution in [-0.4, -0.2) is 55.3 Å². The maximum Gasteiger partial charge on any atom is 0.0858 e. The van der Waals surface area contributed by atoms with E-state index in [1.165, 1.54) is 4.88 Å². The lowest BCUT2D eigenvalue weighted by atomic mass is 10.0. The molecule has 1 aliphatic rings. The van der Waals surface area contributed by atoms with E-state index in [9.17, 15) is 0 Å². The number of rotatable bonds is 6. The number of morpholine rings is 1. The number of nitrogens with zero attached hydrogens (tertiary/aromatic N) is 2. The van der Waals surface area contributed by atoms with Crippen LogP contribution >= 0.6 is 11.3 Å². The molecule has 0 saturated carbocycles. The summed E-state index contributed by atoms with van der Waals surface area (Å²) in [6.45, 7) is 6.14. The third-order valence-electron chi connectivity index (χ3n) is 3.31. The lowest BCUT2D eigenvalue weighted by Crippen LogP contribution is -2.52. The Balaban J connectivity index is 1.94. The molecule has 0 amide bonds. The van der Waals surface area contributed by atoms with Crippen molar-refractivity contribution >= 4 is 11.3 Å². The Hall–Kier alpha value is -0.490. The Morgan fingerprint density at radius 1 is 1.67 bits per heavy atom. The summed E-state index contributed by atoms with van der Waals surface area (Å²) < 4.78 is 5.94. The second-order valence-electron chi connectivity index (χ2n) is 4.90. The average Bonchev–Trinajstić information content (AvgIpc) is 2.87. The monoisotopic (exact) mass is 269 g/mol. The molecule has 2 unspecified atom stereocenters.